The van der Waals surface area contributed by atoms with Gasteiger partial charge in [0.2, 0.25) is 0 Å². The number of anilines is 1. The minimum atomic E-state index is 0.454. The Morgan fingerprint density at radius 2 is 2.33 bits per heavy atom. The highest BCUT2D eigenvalue weighted by atomic mass is 35.5. The molecule has 0 saturated carbocycles. The number of nitrogens with two attached hydrogens (primary N) is 1. The lowest BCUT2D eigenvalue weighted by Gasteiger charge is -2.37. The van der Waals surface area contributed by atoms with E-state index in [4.69, 9.17) is 22.1 Å². The van der Waals surface area contributed by atoms with Crippen LogP contribution < -0.4 is 10.6 Å². The summed E-state index contributed by atoms with van der Waals surface area (Å²) >= 11 is 6.30. The van der Waals surface area contributed by atoms with Crippen LogP contribution in [0.2, 0.25) is 5.02 Å². The number of morpholine rings is 1. The molecule has 0 aromatic heterocycles. The maximum absolute atomic E-state index is 6.30. The van der Waals surface area contributed by atoms with Gasteiger partial charge in [0.1, 0.15) is 0 Å². The molecular weight excluding hydrogens is 248 g/mol. The summed E-state index contributed by atoms with van der Waals surface area (Å²) < 4.78 is 5.53. The molecule has 18 heavy (non-hydrogen) atoms. The van der Waals surface area contributed by atoms with Crippen LogP contribution in [-0.4, -0.2) is 32.3 Å². The second-order valence-corrected chi connectivity index (χ2v) is 5.05. The average molecular weight is 269 g/mol. The maximum Gasteiger partial charge on any atom is 0.0670 e. The van der Waals surface area contributed by atoms with Crippen molar-refractivity contribution in [2.24, 2.45) is 5.73 Å². The van der Waals surface area contributed by atoms with E-state index < -0.39 is 0 Å². The van der Waals surface area contributed by atoms with E-state index in [0.29, 0.717) is 12.6 Å². The van der Waals surface area contributed by atoms with Crippen LogP contribution in [0.15, 0.2) is 18.2 Å². The number of rotatable bonds is 4. The maximum atomic E-state index is 6.30. The summed E-state index contributed by atoms with van der Waals surface area (Å²) in [6.07, 6.45) is 1.92. The lowest BCUT2D eigenvalue weighted by molar-refractivity contribution is 0.0930. The van der Waals surface area contributed by atoms with Gasteiger partial charge in [-0.1, -0.05) is 24.6 Å². The lowest BCUT2D eigenvalue weighted by Crippen LogP contribution is -2.45. The summed E-state index contributed by atoms with van der Waals surface area (Å²) in [5.74, 6) is 0. The van der Waals surface area contributed by atoms with Crippen molar-refractivity contribution in [3.63, 3.8) is 0 Å². The molecule has 1 unspecified atom stereocenters. The molecule has 0 spiro atoms. The fourth-order valence-electron chi connectivity index (χ4n) is 2.41. The molecule has 1 fully saturated rings. The van der Waals surface area contributed by atoms with Gasteiger partial charge in [0.15, 0.2) is 0 Å². The van der Waals surface area contributed by atoms with Crippen LogP contribution in [0, 0.1) is 0 Å². The summed E-state index contributed by atoms with van der Waals surface area (Å²) in [6, 6.07) is 6.74. The predicted molar refractivity (Wildman–Crippen MR) is 76.5 cm³/mol. The van der Waals surface area contributed by atoms with Gasteiger partial charge in [0.05, 0.1) is 19.3 Å². The minimum Gasteiger partial charge on any atom is -0.377 e. The first-order valence-electron chi connectivity index (χ1n) is 6.59. The average Bonchev–Trinajstić information content (AvgIpc) is 2.41. The Morgan fingerprint density at radius 1 is 1.50 bits per heavy atom. The van der Waals surface area contributed by atoms with Gasteiger partial charge in [0, 0.05) is 17.3 Å². The standard InChI is InChI=1S/C14H21ClN2O/c1-2-12-10-18-8-7-17(12)13-4-3-11(5-6-16)14(15)9-13/h3-4,9,12H,2,5-8,10,16H2,1H3. The summed E-state index contributed by atoms with van der Waals surface area (Å²) in [4.78, 5) is 2.39. The number of halogens is 1. The molecule has 1 aromatic rings. The topological polar surface area (TPSA) is 38.5 Å². The van der Waals surface area contributed by atoms with Gasteiger partial charge < -0.3 is 15.4 Å². The molecule has 2 rings (SSSR count). The molecule has 1 atom stereocenters. The summed E-state index contributed by atoms with van der Waals surface area (Å²) in [5, 5.41) is 0.819. The quantitative estimate of drug-likeness (QED) is 0.912. The fourth-order valence-corrected chi connectivity index (χ4v) is 2.68. The summed E-state index contributed by atoms with van der Waals surface area (Å²) in [6.45, 7) is 5.35. The van der Waals surface area contributed by atoms with E-state index in [1.54, 1.807) is 0 Å². The molecule has 0 radical (unpaired) electrons. The van der Waals surface area contributed by atoms with Crippen LogP contribution >= 0.6 is 11.6 Å². The van der Waals surface area contributed by atoms with E-state index in [2.05, 4.69) is 30.0 Å². The Labute approximate surface area is 114 Å². The van der Waals surface area contributed by atoms with Gasteiger partial charge in [-0.2, -0.15) is 0 Å². The summed E-state index contributed by atoms with van der Waals surface area (Å²) in [7, 11) is 0. The number of hydrogen-bond acceptors (Lipinski definition) is 3. The highest BCUT2D eigenvalue weighted by Crippen LogP contribution is 2.27. The van der Waals surface area contributed by atoms with Gasteiger partial charge in [0.25, 0.3) is 0 Å². The van der Waals surface area contributed by atoms with Crippen molar-refractivity contribution in [1.29, 1.82) is 0 Å². The molecule has 2 N–H and O–H groups in total. The molecule has 1 aromatic carbocycles. The van der Waals surface area contributed by atoms with Gasteiger partial charge in [-0.3, -0.25) is 0 Å². The number of benzene rings is 1. The van der Waals surface area contributed by atoms with E-state index in [0.717, 1.165) is 43.2 Å². The van der Waals surface area contributed by atoms with Crippen LogP contribution in [0.25, 0.3) is 0 Å². The smallest absolute Gasteiger partial charge is 0.0670 e. The summed E-state index contributed by atoms with van der Waals surface area (Å²) in [5.41, 5.74) is 7.89. The third-order valence-corrected chi connectivity index (χ3v) is 3.83. The van der Waals surface area contributed by atoms with Crippen molar-refractivity contribution in [1.82, 2.24) is 0 Å². The number of nitrogens with zero attached hydrogens (tertiary/aromatic N) is 1. The number of hydrogen-bond donors (Lipinski definition) is 1. The Morgan fingerprint density at radius 3 is 3.00 bits per heavy atom. The molecule has 1 aliphatic rings. The van der Waals surface area contributed by atoms with Crippen molar-refractivity contribution >= 4 is 17.3 Å². The van der Waals surface area contributed by atoms with E-state index in [1.807, 2.05) is 0 Å². The lowest BCUT2D eigenvalue weighted by atomic mass is 10.1. The van der Waals surface area contributed by atoms with Crippen LogP contribution in [0.1, 0.15) is 18.9 Å². The largest absolute Gasteiger partial charge is 0.377 e. The molecule has 1 aliphatic heterocycles. The van der Waals surface area contributed by atoms with E-state index in [-0.39, 0.29) is 0 Å². The SMILES string of the molecule is CCC1COCCN1c1ccc(CCN)c(Cl)c1. The zero-order valence-electron chi connectivity index (χ0n) is 10.9. The third kappa shape index (κ3) is 2.97. The van der Waals surface area contributed by atoms with Gasteiger partial charge in [-0.05, 0) is 37.1 Å². The van der Waals surface area contributed by atoms with Gasteiger partial charge in [-0.25, -0.2) is 0 Å². The zero-order chi connectivity index (χ0) is 13.0. The van der Waals surface area contributed by atoms with Gasteiger partial charge in [-0.15, -0.1) is 0 Å². The fraction of sp³-hybridized carbons (Fsp3) is 0.571. The Kier molecular flexibility index (Phi) is 4.87. The van der Waals surface area contributed by atoms with Crippen molar-refractivity contribution in [3.8, 4) is 0 Å². The molecule has 100 valence electrons. The van der Waals surface area contributed by atoms with Crippen molar-refractivity contribution in [2.75, 3.05) is 31.2 Å². The van der Waals surface area contributed by atoms with Crippen molar-refractivity contribution < 1.29 is 4.74 Å². The van der Waals surface area contributed by atoms with Crippen LogP contribution in [-0.2, 0) is 11.2 Å². The first kappa shape index (κ1) is 13.7. The predicted octanol–water partition coefficient (Wildman–Crippen LogP) is 2.46. The molecule has 3 nitrogen and oxygen atoms in total. The van der Waals surface area contributed by atoms with Crippen LogP contribution in [0.3, 0.4) is 0 Å². The molecule has 1 heterocycles. The Hall–Kier alpha value is -0.770. The van der Waals surface area contributed by atoms with Crippen molar-refractivity contribution in [3.05, 3.63) is 28.8 Å². The second kappa shape index (κ2) is 6.41. The van der Waals surface area contributed by atoms with Crippen LogP contribution in [0.4, 0.5) is 5.69 Å². The van der Waals surface area contributed by atoms with E-state index in [1.165, 1.54) is 5.69 Å². The number of ether oxygens (including phenoxy) is 1. The molecule has 4 heteroatoms. The highest BCUT2D eigenvalue weighted by molar-refractivity contribution is 6.31. The Bertz CT molecular complexity index is 397. The normalized spacial score (nSPS) is 20.2. The molecule has 0 amide bonds. The highest BCUT2D eigenvalue weighted by Gasteiger charge is 2.21. The third-order valence-electron chi connectivity index (χ3n) is 3.48. The Balaban J connectivity index is 2.19. The first-order chi connectivity index (χ1) is 8.76. The molecule has 1 saturated heterocycles. The van der Waals surface area contributed by atoms with Gasteiger partial charge >= 0.3 is 0 Å². The zero-order valence-corrected chi connectivity index (χ0v) is 11.6. The monoisotopic (exact) mass is 268 g/mol. The molecular formula is C14H21ClN2O. The molecule has 0 bridgehead atoms. The first-order valence-corrected chi connectivity index (χ1v) is 6.97. The van der Waals surface area contributed by atoms with Crippen LogP contribution in [0.5, 0.6) is 0 Å². The molecule has 0 aliphatic carbocycles. The van der Waals surface area contributed by atoms with E-state index >= 15 is 0 Å². The van der Waals surface area contributed by atoms with Crippen molar-refractivity contribution in [2.45, 2.75) is 25.8 Å². The van der Waals surface area contributed by atoms with E-state index in [9.17, 15) is 0 Å². The second-order valence-electron chi connectivity index (χ2n) is 4.64. The minimum absolute atomic E-state index is 0.454.